The Kier molecular flexibility index (Phi) is 5.93. The normalized spacial score (nSPS) is 15.4. The molecule has 160 valence electrons. The van der Waals surface area contributed by atoms with Gasteiger partial charge in [0.1, 0.15) is 5.75 Å². The highest BCUT2D eigenvalue weighted by atomic mass is 32.1. The predicted molar refractivity (Wildman–Crippen MR) is 104 cm³/mol. The summed E-state index contributed by atoms with van der Waals surface area (Å²) in [4.78, 5) is 21.1. The number of carbonyl (C=O) groups is 1. The minimum Gasteiger partial charge on any atom is -0.459 e. The van der Waals surface area contributed by atoms with Crippen molar-refractivity contribution in [3.8, 4) is 5.75 Å². The highest BCUT2D eigenvalue weighted by molar-refractivity contribution is 7.22. The predicted octanol–water partition coefficient (Wildman–Crippen LogP) is 3.77. The van der Waals surface area contributed by atoms with Gasteiger partial charge < -0.3 is 13.9 Å². The maximum atomic E-state index is 13.0. The molecule has 1 saturated heterocycles. The number of anilines is 1. The number of nitrogens with zero attached hydrogens (tertiary/aromatic N) is 3. The van der Waals surface area contributed by atoms with E-state index in [1.54, 1.807) is 12.1 Å². The van der Waals surface area contributed by atoms with Crippen LogP contribution in [-0.2, 0) is 4.74 Å². The summed E-state index contributed by atoms with van der Waals surface area (Å²) < 4.78 is 52.6. The second kappa shape index (κ2) is 8.62. The second-order valence-corrected chi connectivity index (χ2v) is 7.57. The molecular formula is C19H18F3N3O4S. The molecule has 11 heteroatoms. The van der Waals surface area contributed by atoms with Crippen LogP contribution in [0.15, 0.2) is 41.0 Å². The van der Waals surface area contributed by atoms with Crippen molar-refractivity contribution in [3.63, 3.8) is 0 Å². The lowest BCUT2D eigenvalue weighted by Gasteiger charge is -2.28. The van der Waals surface area contributed by atoms with Crippen LogP contribution in [0.4, 0.5) is 18.3 Å². The lowest BCUT2D eigenvalue weighted by atomic mass is 10.3. The molecule has 3 aromatic rings. The van der Waals surface area contributed by atoms with Gasteiger partial charge in [-0.3, -0.25) is 14.6 Å². The van der Waals surface area contributed by atoms with Crippen molar-refractivity contribution in [3.05, 3.63) is 42.4 Å². The van der Waals surface area contributed by atoms with E-state index in [0.29, 0.717) is 41.7 Å². The number of furan rings is 1. The molecule has 30 heavy (non-hydrogen) atoms. The summed E-state index contributed by atoms with van der Waals surface area (Å²) in [6.07, 6.45) is -3.37. The molecule has 0 unspecified atom stereocenters. The quantitative estimate of drug-likeness (QED) is 0.580. The number of rotatable bonds is 6. The number of aromatic nitrogens is 1. The van der Waals surface area contributed by atoms with Crippen LogP contribution in [0.25, 0.3) is 10.2 Å². The number of morpholine rings is 1. The van der Waals surface area contributed by atoms with Gasteiger partial charge in [-0.25, -0.2) is 4.98 Å². The van der Waals surface area contributed by atoms with Crippen LogP contribution >= 0.6 is 11.3 Å². The monoisotopic (exact) mass is 441 g/mol. The van der Waals surface area contributed by atoms with Gasteiger partial charge in [0, 0.05) is 32.2 Å². The zero-order chi connectivity index (χ0) is 21.1. The standard InChI is InChI=1S/C19H18F3N3O4S/c20-19(21,22)29-13-3-4-14-16(12-13)30-18(23-14)25(17(26)15-2-1-9-28-15)6-5-24-7-10-27-11-8-24/h1-4,9,12H,5-8,10-11H2. The number of thiazole rings is 1. The van der Waals surface area contributed by atoms with Crippen LogP contribution in [0.3, 0.4) is 0 Å². The van der Waals surface area contributed by atoms with Gasteiger partial charge >= 0.3 is 6.36 Å². The van der Waals surface area contributed by atoms with E-state index in [1.807, 2.05) is 0 Å². The maximum Gasteiger partial charge on any atom is 0.573 e. The van der Waals surface area contributed by atoms with Crippen LogP contribution in [-0.4, -0.2) is 61.5 Å². The van der Waals surface area contributed by atoms with Gasteiger partial charge in [-0.1, -0.05) is 11.3 Å². The Morgan fingerprint density at radius 2 is 2.07 bits per heavy atom. The number of benzene rings is 1. The van der Waals surface area contributed by atoms with Crippen molar-refractivity contribution in [1.29, 1.82) is 0 Å². The zero-order valence-corrected chi connectivity index (χ0v) is 16.5. The molecule has 0 aliphatic carbocycles. The zero-order valence-electron chi connectivity index (χ0n) is 15.7. The summed E-state index contributed by atoms with van der Waals surface area (Å²) >= 11 is 1.12. The fourth-order valence-electron chi connectivity index (χ4n) is 3.09. The van der Waals surface area contributed by atoms with Gasteiger partial charge in [-0.15, -0.1) is 13.2 Å². The Morgan fingerprint density at radius 1 is 1.27 bits per heavy atom. The van der Waals surface area contributed by atoms with E-state index in [2.05, 4.69) is 14.6 Å². The Bertz CT molecular complexity index is 1000. The molecule has 4 rings (SSSR count). The van der Waals surface area contributed by atoms with E-state index >= 15 is 0 Å². The molecule has 2 aromatic heterocycles. The highest BCUT2D eigenvalue weighted by Crippen LogP contribution is 2.33. The summed E-state index contributed by atoms with van der Waals surface area (Å²) in [5.74, 6) is -0.529. The summed E-state index contributed by atoms with van der Waals surface area (Å²) in [7, 11) is 0. The van der Waals surface area contributed by atoms with Crippen LogP contribution in [0.5, 0.6) is 5.75 Å². The molecule has 1 aliphatic heterocycles. The van der Waals surface area contributed by atoms with Crippen molar-refractivity contribution in [2.45, 2.75) is 6.36 Å². The molecular weight excluding hydrogens is 423 g/mol. The largest absolute Gasteiger partial charge is 0.573 e. The molecule has 7 nitrogen and oxygen atoms in total. The Balaban J connectivity index is 1.60. The molecule has 0 N–H and O–H groups in total. The average molecular weight is 441 g/mol. The first-order valence-corrected chi connectivity index (χ1v) is 10.0. The first kappa shape index (κ1) is 20.6. The van der Waals surface area contributed by atoms with E-state index in [9.17, 15) is 18.0 Å². The number of halogens is 3. The van der Waals surface area contributed by atoms with Crippen molar-refractivity contribution >= 4 is 32.6 Å². The van der Waals surface area contributed by atoms with Crippen LogP contribution in [0.1, 0.15) is 10.6 Å². The smallest absolute Gasteiger partial charge is 0.459 e. The lowest BCUT2D eigenvalue weighted by Crippen LogP contribution is -2.43. The van der Waals surface area contributed by atoms with E-state index < -0.39 is 6.36 Å². The number of hydrogen-bond acceptors (Lipinski definition) is 7. The van der Waals surface area contributed by atoms with Gasteiger partial charge in [0.2, 0.25) is 0 Å². The van der Waals surface area contributed by atoms with E-state index in [0.717, 1.165) is 24.4 Å². The third-order valence-corrected chi connectivity index (χ3v) is 5.57. The summed E-state index contributed by atoms with van der Waals surface area (Å²) in [6.45, 7) is 3.76. The Labute approximate surface area is 173 Å². The van der Waals surface area contributed by atoms with E-state index in [4.69, 9.17) is 9.15 Å². The average Bonchev–Trinajstić information content (AvgIpc) is 3.37. The number of hydrogen-bond donors (Lipinski definition) is 0. The molecule has 1 aromatic carbocycles. The molecule has 0 radical (unpaired) electrons. The summed E-state index contributed by atoms with van der Waals surface area (Å²) in [6, 6.07) is 7.08. The third kappa shape index (κ3) is 4.91. The molecule has 0 spiro atoms. The molecule has 3 heterocycles. The van der Waals surface area contributed by atoms with Crippen molar-refractivity contribution in [2.75, 3.05) is 44.3 Å². The summed E-state index contributed by atoms with van der Waals surface area (Å²) in [5.41, 5.74) is 0.480. The minimum absolute atomic E-state index is 0.164. The first-order valence-electron chi connectivity index (χ1n) is 9.21. The maximum absolute atomic E-state index is 13.0. The van der Waals surface area contributed by atoms with E-state index in [1.165, 1.54) is 29.4 Å². The SMILES string of the molecule is O=C(c1ccco1)N(CCN1CCOCC1)c1nc2ccc(OC(F)(F)F)cc2s1. The first-order chi connectivity index (χ1) is 14.4. The lowest BCUT2D eigenvalue weighted by molar-refractivity contribution is -0.274. The van der Waals surface area contributed by atoms with Crippen LogP contribution < -0.4 is 9.64 Å². The molecule has 0 atom stereocenters. The third-order valence-electron chi connectivity index (χ3n) is 4.53. The van der Waals surface area contributed by atoms with Crippen molar-refractivity contribution < 1.29 is 31.9 Å². The fourth-order valence-corrected chi connectivity index (χ4v) is 4.11. The molecule has 0 bridgehead atoms. The summed E-state index contributed by atoms with van der Waals surface area (Å²) in [5, 5.41) is 0.379. The van der Waals surface area contributed by atoms with Gasteiger partial charge in [0.25, 0.3) is 5.91 Å². The Morgan fingerprint density at radius 3 is 2.77 bits per heavy atom. The van der Waals surface area contributed by atoms with Gasteiger partial charge in [0.15, 0.2) is 10.9 Å². The molecule has 1 aliphatic rings. The van der Waals surface area contributed by atoms with Crippen LogP contribution in [0.2, 0.25) is 0 Å². The van der Waals surface area contributed by atoms with Gasteiger partial charge in [-0.2, -0.15) is 0 Å². The number of ether oxygens (including phenoxy) is 2. The number of alkyl halides is 3. The molecule has 1 fully saturated rings. The van der Waals surface area contributed by atoms with Crippen molar-refractivity contribution in [2.24, 2.45) is 0 Å². The highest BCUT2D eigenvalue weighted by Gasteiger charge is 2.31. The molecule has 1 amide bonds. The van der Waals surface area contributed by atoms with E-state index in [-0.39, 0.29) is 17.4 Å². The van der Waals surface area contributed by atoms with Crippen LogP contribution in [0, 0.1) is 0 Å². The fraction of sp³-hybridized carbons (Fsp3) is 0.368. The number of fused-ring (bicyclic) bond motifs is 1. The minimum atomic E-state index is -4.78. The van der Waals surface area contributed by atoms with Gasteiger partial charge in [-0.05, 0) is 24.3 Å². The Hall–Kier alpha value is -2.63. The van der Waals surface area contributed by atoms with Crippen molar-refractivity contribution in [1.82, 2.24) is 9.88 Å². The topological polar surface area (TPSA) is 68.0 Å². The molecule has 0 saturated carbocycles. The number of carbonyl (C=O) groups excluding carboxylic acids is 1. The second-order valence-electron chi connectivity index (χ2n) is 6.56. The number of amides is 1. The van der Waals surface area contributed by atoms with Gasteiger partial charge in [0.05, 0.1) is 29.7 Å².